The van der Waals surface area contributed by atoms with Gasteiger partial charge >= 0.3 is 0 Å². The van der Waals surface area contributed by atoms with Crippen molar-refractivity contribution in [3.8, 4) is 11.1 Å². The predicted octanol–water partition coefficient (Wildman–Crippen LogP) is 10.2. The topological polar surface area (TPSA) is 0 Å². The van der Waals surface area contributed by atoms with Crippen molar-refractivity contribution in [2.75, 3.05) is 0 Å². The van der Waals surface area contributed by atoms with Crippen molar-refractivity contribution in [3.05, 3.63) is 100 Å². The molecular formula is C37H46. The highest BCUT2D eigenvalue weighted by molar-refractivity contribution is 5.80. The van der Waals surface area contributed by atoms with Gasteiger partial charge in [0.05, 0.1) is 0 Å². The number of benzene rings is 2. The summed E-state index contributed by atoms with van der Waals surface area (Å²) in [5, 5.41) is 0. The molecule has 3 aliphatic carbocycles. The Hall–Kier alpha value is -2.60. The summed E-state index contributed by atoms with van der Waals surface area (Å²) >= 11 is 0. The van der Waals surface area contributed by atoms with E-state index in [1.165, 1.54) is 82.2 Å². The molecule has 1 saturated carbocycles. The summed E-state index contributed by atoms with van der Waals surface area (Å²) in [6.45, 7) is 20.6. The SMILES string of the molecule is C=C1C=CC(C)C(=C)C1CC1=Cc2cccc(-c3cc(C)cc(C)c3CC3CCC(CC)C[C@@H]3C)c2C1. The van der Waals surface area contributed by atoms with E-state index in [2.05, 4.69) is 96.3 Å². The van der Waals surface area contributed by atoms with Crippen LogP contribution in [0.15, 0.2) is 72.4 Å². The number of hydrogen-bond donors (Lipinski definition) is 0. The summed E-state index contributed by atoms with van der Waals surface area (Å²) in [6, 6.07) is 11.8. The molecule has 0 saturated heterocycles. The van der Waals surface area contributed by atoms with E-state index >= 15 is 0 Å². The number of hydrogen-bond acceptors (Lipinski definition) is 0. The molecule has 0 aliphatic heterocycles. The lowest BCUT2D eigenvalue weighted by atomic mass is 9.71. The molecule has 0 spiro atoms. The van der Waals surface area contributed by atoms with E-state index in [0.717, 1.165) is 30.6 Å². The zero-order valence-corrected chi connectivity index (χ0v) is 23.9. The van der Waals surface area contributed by atoms with Gasteiger partial charge in [0.15, 0.2) is 0 Å². The first-order valence-corrected chi connectivity index (χ1v) is 14.7. The molecule has 5 atom stereocenters. The zero-order chi connectivity index (χ0) is 26.3. The first kappa shape index (κ1) is 26.0. The van der Waals surface area contributed by atoms with Crippen LogP contribution < -0.4 is 0 Å². The molecule has 1 fully saturated rings. The summed E-state index contributed by atoms with van der Waals surface area (Å²) in [7, 11) is 0. The minimum atomic E-state index is 0.362. The molecule has 0 heterocycles. The van der Waals surface area contributed by atoms with Gasteiger partial charge in [0, 0.05) is 5.92 Å². The Balaban J connectivity index is 1.44. The van der Waals surface area contributed by atoms with Crippen molar-refractivity contribution in [3.63, 3.8) is 0 Å². The number of aryl methyl sites for hydroxylation is 2. The molecule has 0 nitrogen and oxygen atoms in total. The van der Waals surface area contributed by atoms with Crippen LogP contribution in [0, 0.1) is 43.4 Å². The van der Waals surface area contributed by atoms with E-state index in [9.17, 15) is 0 Å². The Morgan fingerprint density at radius 2 is 1.78 bits per heavy atom. The van der Waals surface area contributed by atoms with Gasteiger partial charge in [0.2, 0.25) is 0 Å². The second kappa shape index (κ2) is 10.6. The number of fused-ring (bicyclic) bond motifs is 1. The van der Waals surface area contributed by atoms with E-state index < -0.39 is 0 Å². The third kappa shape index (κ3) is 5.22. The molecule has 0 radical (unpaired) electrons. The average Bonchev–Trinajstić information content (AvgIpc) is 3.29. The summed E-state index contributed by atoms with van der Waals surface area (Å²) in [4.78, 5) is 0. The maximum Gasteiger partial charge on any atom is 0.00826 e. The molecule has 0 N–H and O–H groups in total. The third-order valence-electron chi connectivity index (χ3n) is 9.93. The van der Waals surface area contributed by atoms with Crippen LogP contribution in [-0.2, 0) is 12.8 Å². The van der Waals surface area contributed by atoms with Crippen LogP contribution in [0.2, 0.25) is 0 Å². The smallest absolute Gasteiger partial charge is 0.00826 e. The first-order valence-electron chi connectivity index (χ1n) is 14.7. The Labute approximate surface area is 226 Å². The van der Waals surface area contributed by atoms with Crippen LogP contribution in [0.4, 0.5) is 0 Å². The van der Waals surface area contributed by atoms with Gasteiger partial charge < -0.3 is 0 Å². The van der Waals surface area contributed by atoms with E-state index in [1.807, 2.05) is 0 Å². The van der Waals surface area contributed by atoms with Crippen LogP contribution in [0.5, 0.6) is 0 Å². The number of rotatable bonds is 6. The lowest BCUT2D eigenvalue weighted by molar-refractivity contribution is 0.189. The Bertz CT molecular complexity index is 1270. The standard InChI is InChI=1S/C37H46/c1-8-29-14-15-31(26(5)18-29)22-35-27(6)16-23(2)17-37(35)33-11-9-10-32-19-30(21-36(32)33)20-34-25(4)13-12-24(3)28(34)7/h9-13,16-17,19,24,26,29,31,34H,4,7-8,14-15,18,20-22H2,1-3,5-6H3/t24?,26-,29?,31?,34?/m0/s1. The maximum atomic E-state index is 4.45. The van der Waals surface area contributed by atoms with Gasteiger partial charge in [-0.15, -0.1) is 0 Å². The van der Waals surface area contributed by atoms with Crippen molar-refractivity contribution in [2.24, 2.45) is 29.6 Å². The van der Waals surface area contributed by atoms with Crippen molar-refractivity contribution < 1.29 is 0 Å². The lowest BCUT2D eigenvalue weighted by Crippen LogP contribution is -2.24. The van der Waals surface area contributed by atoms with Crippen LogP contribution >= 0.6 is 0 Å². The van der Waals surface area contributed by atoms with E-state index in [4.69, 9.17) is 0 Å². The largest absolute Gasteiger partial charge is 0.0986 e. The molecule has 0 bridgehead atoms. The second-order valence-corrected chi connectivity index (χ2v) is 12.5. The molecule has 0 aromatic heterocycles. The molecular weight excluding hydrogens is 444 g/mol. The zero-order valence-electron chi connectivity index (χ0n) is 23.9. The van der Waals surface area contributed by atoms with E-state index in [1.54, 1.807) is 5.56 Å². The molecule has 0 heteroatoms. The lowest BCUT2D eigenvalue weighted by Gasteiger charge is -2.35. The van der Waals surface area contributed by atoms with Crippen molar-refractivity contribution >= 4 is 6.08 Å². The van der Waals surface area contributed by atoms with Crippen LogP contribution in [0.25, 0.3) is 17.2 Å². The molecule has 2 aromatic carbocycles. The fourth-order valence-corrected chi connectivity index (χ4v) is 7.42. The molecule has 37 heavy (non-hydrogen) atoms. The fraction of sp³-hybridized carbons (Fsp3) is 0.459. The van der Waals surface area contributed by atoms with E-state index in [-0.39, 0.29) is 0 Å². The maximum absolute atomic E-state index is 4.45. The predicted molar refractivity (Wildman–Crippen MR) is 162 cm³/mol. The van der Waals surface area contributed by atoms with Gasteiger partial charge in [-0.25, -0.2) is 0 Å². The molecule has 3 aliphatic rings. The molecule has 194 valence electrons. The highest BCUT2D eigenvalue weighted by Gasteiger charge is 2.29. The first-order chi connectivity index (χ1) is 17.7. The molecule has 2 aromatic rings. The second-order valence-electron chi connectivity index (χ2n) is 12.5. The fourth-order valence-electron chi connectivity index (χ4n) is 7.42. The highest BCUT2D eigenvalue weighted by Crippen LogP contribution is 2.44. The van der Waals surface area contributed by atoms with Crippen LogP contribution in [-0.4, -0.2) is 0 Å². The van der Waals surface area contributed by atoms with Gasteiger partial charge in [-0.3, -0.25) is 0 Å². The summed E-state index contributed by atoms with van der Waals surface area (Å²) in [6.07, 6.45) is 15.8. The normalized spacial score (nSPS) is 27.4. The molecule has 4 unspecified atom stereocenters. The highest BCUT2D eigenvalue weighted by atomic mass is 14.3. The average molecular weight is 491 g/mol. The quantitative estimate of drug-likeness (QED) is 0.353. The minimum absolute atomic E-state index is 0.362. The third-order valence-corrected chi connectivity index (χ3v) is 9.93. The van der Waals surface area contributed by atoms with Crippen LogP contribution in [0.1, 0.15) is 80.7 Å². The Morgan fingerprint density at radius 3 is 2.54 bits per heavy atom. The molecule has 5 rings (SSSR count). The van der Waals surface area contributed by atoms with Gasteiger partial charge in [-0.2, -0.15) is 0 Å². The summed E-state index contributed by atoms with van der Waals surface area (Å²) in [5.41, 5.74) is 14.3. The summed E-state index contributed by atoms with van der Waals surface area (Å²) in [5.74, 6) is 3.34. The van der Waals surface area contributed by atoms with Gasteiger partial charge in [0.25, 0.3) is 0 Å². The van der Waals surface area contributed by atoms with Gasteiger partial charge in [-0.05, 0) is 109 Å². The monoisotopic (exact) mass is 490 g/mol. The Kier molecular flexibility index (Phi) is 7.49. The van der Waals surface area contributed by atoms with Gasteiger partial charge in [-0.1, -0.05) is 112 Å². The molecule has 0 amide bonds. The van der Waals surface area contributed by atoms with Crippen molar-refractivity contribution in [2.45, 2.75) is 79.6 Å². The van der Waals surface area contributed by atoms with Crippen molar-refractivity contribution in [1.82, 2.24) is 0 Å². The van der Waals surface area contributed by atoms with Crippen molar-refractivity contribution in [1.29, 1.82) is 0 Å². The minimum Gasteiger partial charge on any atom is -0.0986 e. The summed E-state index contributed by atoms with van der Waals surface area (Å²) < 4.78 is 0. The van der Waals surface area contributed by atoms with E-state index in [0.29, 0.717) is 11.8 Å². The van der Waals surface area contributed by atoms with Gasteiger partial charge in [0.1, 0.15) is 0 Å². The number of allylic oxidation sites excluding steroid dienone is 5. The van der Waals surface area contributed by atoms with Crippen LogP contribution in [0.3, 0.4) is 0 Å². The Morgan fingerprint density at radius 1 is 0.973 bits per heavy atom.